The molecule has 2 rings (SSSR count). The summed E-state index contributed by atoms with van der Waals surface area (Å²) in [7, 11) is 0. The third kappa shape index (κ3) is 2.16. The standard InChI is InChI=1S/C14H18BrN3O3/c1-9(16-19)14(4)17(20)12(13(2,3)18(14)21)10-5-7-11(15)8-6-10/h5-8,19,21H,1-4H3/b16-9-/t14-/m1/s1. The Labute approximate surface area is 131 Å². The van der Waals surface area contributed by atoms with E-state index in [9.17, 15) is 10.4 Å². The molecule has 0 saturated carbocycles. The molecule has 0 aromatic heterocycles. The van der Waals surface area contributed by atoms with E-state index in [0.717, 1.165) is 9.54 Å². The van der Waals surface area contributed by atoms with E-state index >= 15 is 0 Å². The van der Waals surface area contributed by atoms with Crippen LogP contribution in [0.3, 0.4) is 0 Å². The average Bonchev–Trinajstić information content (AvgIpc) is 2.58. The second kappa shape index (κ2) is 5.08. The largest absolute Gasteiger partial charge is 0.622 e. The predicted molar refractivity (Wildman–Crippen MR) is 82.9 cm³/mol. The number of nitrogens with zero attached hydrogens (tertiary/aromatic N) is 3. The monoisotopic (exact) mass is 355 g/mol. The van der Waals surface area contributed by atoms with Crippen molar-refractivity contribution in [2.75, 3.05) is 0 Å². The zero-order chi connectivity index (χ0) is 16.0. The van der Waals surface area contributed by atoms with Gasteiger partial charge in [-0.05, 0) is 45.0 Å². The maximum absolute atomic E-state index is 12.8. The highest BCUT2D eigenvalue weighted by atomic mass is 79.9. The predicted octanol–water partition coefficient (Wildman–Crippen LogP) is 2.80. The second-order valence-electron chi connectivity index (χ2n) is 5.73. The van der Waals surface area contributed by atoms with Crippen LogP contribution in [0, 0.1) is 5.21 Å². The van der Waals surface area contributed by atoms with Crippen LogP contribution in [0.15, 0.2) is 33.9 Å². The Bertz CT molecular complexity index is 625. The normalized spacial score (nSPS) is 26.5. The van der Waals surface area contributed by atoms with Crippen LogP contribution in [0.1, 0.15) is 33.3 Å². The van der Waals surface area contributed by atoms with E-state index in [1.165, 1.54) is 13.8 Å². The van der Waals surface area contributed by atoms with E-state index in [1.54, 1.807) is 26.0 Å². The van der Waals surface area contributed by atoms with E-state index in [0.29, 0.717) is 16.0 Å². The van der Waals surface area contributed by atoms with Crippen LogP contribution in [0.5, 0.6) is 0 Å². The molecule has 0 spiro atoms. The first-order valence-electron chi connectivity index (χ1n) is 6.46. The van der Waals surface area contributed by atoms with Crippen molar-refractivity contribution in [2.24, 2.45) is 5.16 Å². The van der Waals surface area contributed by atoms with Crippen molar-refractivity contribution in [3.8, 4) is 0 Å². The number of oxime groups is 1. The summed E-state index contributed by atoms with van der Waals surface area (Å²) in [4.78, 5) is 0. The average molecular weight is 356 g/mol. The maximum atomic E-state index is 12.8. The van der Waals surface area contributed by atoms with Gasteiger partial charge in [0, 0.05) is 17.0 Å². The molecule has 1 aromatic carbocycles. The first kappa shape index (κ1) is 15.9. The molecule has 7 heteroatoms. The van der Waals surface area contributed by atoms with Gasteiger partial charge in [0.1, 0.15) is 11.3 Å². The first-order valence-corrected chi connectivity index (χ1v) is 7.25. The molecular weight excluding hydrogens is 338 g/mol. The van der Waals surface area contributed by atoms with Crippen LogP contribution in [-0.4, -0.2) is 42.8 Å². The fourth-order valence-corrected chi connectivity index (χ4v) is 2.93. The lowest BCUT2D eigenvalue weighted by atomic mass is 9.92. The highest BCUT2D eigenvalue weighted by Crippen LogP contribution is 2.36. The van der Waals surface area contributed by atoms with E-state index in [2.05, 4.69) is 21.1 Å². The Morgan fingerprint density at radius 1 is 1.29 bits per heavy atom. The molecule has 0 fully saturated rings. The second-order valence-corrected chi connectivity index (χ2v) is 6.64. The van der Waals surface area contributed by atoms with Gasteiger partial charge in [-0.3, -0.25) is 0 Å². The molecule has 1 aromatic rings. The molecule has 114 valence electrons. The molecule has 0 amide bonds. The van der Waals surface area contributed by atoms with Gasteiger partial charge >= 0.3 is 0 Å². The zero-order valence-corrected chi connectivity index (χ0v) is 13.9. The topological polar surface area (TPSA) is 82.1 Å². The number of hydrogen-bond donors (Lipinski definition) is 2. The molecule has 0 radical (unpaired) electrons. The Morgan fingerprint density at radius 2 is 1.81 bits per heavy atom. The molecular formula is C14H18BrN3O3. The van der Waals surface area contributed by atoms with Gasteiger partial charge in [0.15, 0.2) is 0 Å². The van der Waals surface area contributed by atoms with Crippen LogP contribution in [-0.2, 0) is 0 Å². The van der Waals surface area contributed by atoms with Crippen molar-refractivity contribution in [1.82, 2.24) is 5.06 Å². The van der Waals surface area contributed by atoms with Gasteiger partial charge in [0.05, 0.1) is 0 Å². The van der Waals surface area contributed by atoms with Gasteiger partial charge in [0.25, 0.3) is 5.66 Å². The van der Waals surface area contributed by atoms with Crippen LogP contribution in [0.4, 0.5) is 0 Å². The summed E-state index contributed by atoms with van der Waals surface area (Å²) in [5.41, 5.74) is -1.17. The van der Waals surface area contributed by atoms with Gasteiger partial charge in [-0.25, -0.2) is 0 Å². The molecule has 21 heavy (non-hydrogen) atoms. The van der Waals surface area contributed by atoms with Crippen molar-refractivity contribution in [3.05, 3.63) is 39.5 Å². The molecule has 2 N–H and O–H groups in total. The lowest BCUT2D eigenvalue weighted by molar-refractivity contribution is -0.560. The van der Waals surface area contributed by atoms with Gasteiger partial charge in [-0.2, -0.15) is 4.74 Å². The van der Waals surface area contributed by atoms with Gasteiger partial charge in [-0.1, -0.05) is 21.1 Å². The van der Waals surface area contributed by atoms with Crippen LogP contribution < -0.4 is 0 Å². The summed E-state index contributed by atoms with van der Waals surface area (Å²) in [6, 6.07) is 7.27. The van der Waals surface area contributed by atoms with Gasteiger partial charge < -0.3 is 15.6 Å². The van der Waals surface area contributed by atoms with Crippen LogP contribution in [0.25, 0.3) is 0 Å². The lowest BCUT2D eigenvalue weighted by Gasteiger charge is -2.32. The third-order valence-electron chi connectivity index (χ3n) is 4.07. The molecule has 1 aliphatic rings. The van der Waals surface area contributed by atoms with Crippen LogP contribution in [0.2, 0.25) is 0 Å². The highest BCUT2D eigenvalue weighted by molar-refractivity contribution is 9.10. The number of hydrogen-bond acceptors (Lipinski definition) is 5. The zero-order valence-electron chi connectivity index (χ0n) is 12.3. The number of hydroxylamine groups is 3. The van der Waals surface area contributed by atoms with Gasteiger partial charge in [-0.15, -0.1) is 5.06 Å². The lowest BCUT2D eigenvalue weighted by Crippen LogP contribution is -2.57. The molecule has 0 bridgehead atoms. The number of benzene rings is 1. The van der Waals surface area contributed by atoms with E-state index in [-0.39, 0.29) is 5.71 Å². The molecule has 1 aliphatic heterocycles. The first-order chi connectivity index (χ1) is 9.67. The Kier molecular flexibility index (Phi) is 3.86. The number of halogens is 1. The highest BCUT2D eigenvalue weighted by Gasteiger charge is 2.61. The van der Waals surface area contributed by atoms with E-state index in [1.807, 2.05) is 12.1 Å². The Balaban J connectivity index is 2.70. The SMILES string of the molecule is C/C(=N/O)[C@@]1(C)N(O)C(C)(C)C(c2ccc(Br)cc2)=[N+]1[O-]. The minimum atomic E-state index is -1.46. The third-order valence-corrected chi connectivity index (χ3v) is 4.60. The van der Waals surface area contributed by atoms with Crippen molar-refractivity contribution < 1.29 is 15.2 Å². The summed E-state index contributed by atoms with van der Waals surface area (Å²) in [5, 5.41) is 36.4. The van der Waals surface area contributed by atoms with Crippen molar-refractivity contribution in [3.63, 3.8) is 0 Å². The fourth-order valence-electron chi connectivity index (χ4n) is 2.67. The smallest absolute Gasteiger partial charge is 0.290 e. The molecule has 1 heterocycles. The number of rotatable bonds is 2. The van der Waals surface area contributed by atoms with Crippen molar-refractivity contribution >= 4 is 27.4 Å². The summed E-state index contributed by atoms with van der Waals surface area (Å²) >= 11 is 3.35. The quantitative estimate of drug-likeness (QED) is 0.281. The van der Waals surface area contributed by atoms with E-state index in [4.69, 9.17) is 5.21 Å². The molecule has 1 atom stereocenters. The maximum Gasteiger partial charge on any atom is 0.290 e. The summed E-state index contributed by atoms with van der Waals surface area (Å²) in [5.74, 6) is 0. The summed E-state index contributed by atoms with van der Waals surface area (Å²) in [6.45, 7) is 6.49. The minimum Gasteiger partial charge on any atom is -0.622 e. The van der Waals surface area contributed by atoms with E-state index < -0.39 is 11.2 Å². The molecule has 0 saturated heterocycles. The summed E-state index contributed by atoms with van der Waals surface area (Å²) in [6.07, 6.45) is 0. The van der Waals surface area contributed by atoms with Crippen molar-refractivity contribution in [1.29, 1.82) is 0 Å². The summed E-state index contributed by atoms with van der Waals surface area (Å²) < 4.78 is 1.60. The molecule has 6 nitrogen and oxygen atoms in total. The minimum absolute atomic E-state index is 0.111. The molecule has 0 unspecified atom stereocenters. The molecule has 0 aliphatic carbocycles. The Morgan fingerprint density at radius 3 is 2.29 bits per heavy atom. The van der Waals surface area contributed by atoms with Crippen LogP contribution >= 0.6 is 15.9 Å². The Hall–Kier alpha value is -1.44. The van der Waals surface area contributed by atoms with Crippen molar-refractivity contribution in [2.45, 2.75) is 38.9 Å². The fraction of sp³-hybridized carbons (Fsp3) is 0.429. The van der Waals surface area contributed by atoms with Gasteiger partial charge in [0.2, 0.25) is 5.71 Å².